The summed E-state index contributed by atoms with van der Waals surface area (Å²) in [6.45, 7) is 0. The zero-order chi connectivity index (χ0) is 10.5. The predicted octanol–water partition coefficient (Wildman–Crippen LogP) is 2.58. The van der Waals surface area contributed by atoms with E-state index in [4.69, 9.17) is 0 Å². The van der Waals surface area contributed by atoms with Gasteiger partial charge in [0.05, 0.1) is 0 Å². The van der Waals surface area contributed by atoms with E-state index in [2.05, 4.69) is 64.6 Å². The molecule has 0 unspecified atom stereocenters. The molecule has 73 valence electrons. The summed E-state index contributed by atoms with van der Waals surface area (Å²) in [5, 5.41) is 2.77. The zero-order valence-corrected chi connectivity index (χ0v) is 12.0. The molecule has 0 nitrogen and oxygen atoms in total. The molecule has 2 heteroatoms. The van der Waals surface area contributed by atoms with Crippen molar-refractivity contribution in [1.82, 2.24) is 0 Å². The molecule has 2 rings (SSSR count). The van der Waals surface area contributed by atoms with Crippen molar-refractivity contribution in [3.8, 4) is 3.94 Å². The second kappa shape index (κ2) is 5.43. The Morgan fingerprint density at radius 1 is 0.733 bits per heavy atom. The van der Waals surface area contributed by atoms with Gasteiger partial charge in [-0.1, -0.05) is 0 Å². The van der Waals surface area contributed by atoms with Gasteiger partial charge in [0.2, 0.25) is 0 Å². The van der Waals surface area contributed by atoms with E-state index in [1.54, 1.807) is 0 Å². The third-order valence-electron chi connectivity index (χ3n) is 2.12. The maximum atomic E-state index is 3.48. The molecular weight excluding hydrogens is 371 g/mol. The molecule has 0 amide bonds. The van der Waals surface area contributed by atoms with Crippen LogP contribution in [0.4, 0.5) is 0 Å². The first-order valence-electron chi connectivity index (χ1n) is 4.70. The molecule has 0 saturated carbocycles. The van der Waals surface area contributed by atoms with Gasteiger partial charge in [0.25, 0.3) is 0 Å². The Labute approximate surface area is 102 Å². The monoisotopic (exact) mass is 381 g/mol. The van der Waals surface area contributed by atoms with Crippen LogP contribution in [-0.2, 0) is 19.2 Å². The Morgan fingerprint density at radius 3 is 1.47 bits per heavy atom. The average molecular weight is 381 g/mol. The van der Waals surface area contributed by atoms with Gasteiger partial charge in [-0.05, 0) is 0 Å². The molecule has 0 N–H and O–H groups in total. The van der Waals surface area contributed by atoms with E-state index >= 15 is 0 Å². The molecule has 0 radical (unpaired) electrons. The summed E-state index contributed by atoms with van der Waals surface area (Å²) in [6.07, 6.45) is 0. The number of hydrogen-bond acceptors (Lipinski definition) is 0. The van der Waals surface area contributed by atoms with E-state index in [0.717, 1.165) is 0 Å². The van der Waals surface area contributed by atoms with Gasteiger partial charge in [0, 0.05) is 0 Å². The van der Waals surface area contributed by atoms with Gasteiger partial charge in [-0.15, -0.1) is 0 Å². The molecule has 0 aliphatic carbocycles. The normalized spacial score (nSPS) is 9.87. The van der Waals surface area contributed by atoms with Crippen LogP contribution in [0.3, 0.4) is 0 Å². The van der Waals surface area contributed by atoms with Crippen molar-refractivity contribution in [2.75, 3.05) is 0 Å². The maximum absolute atomic E-state index is 3.48. The second-order valence-corrected chi connectivity index (χ2v) is 6.95. The van der Waals surface area contributed by atoms with E-state index in [0.29, 0.717) is 0 Å². The quantitative estimate of drug-likeness (QED) is 0.702. The molecule has 0 aliphatic heterocycles. The summed E-state index contributed by atoms with van der Waals surface area (Å²) < 4.78 is 3.48. The average Bonchev–Trinajstić information content (AvgIpc) is 2.33. The van der Waals surface area contributed by atoms with Crippen molar-refractivity contribution >= 4 is 18.5 Å². The summed E-state index contributed by atoms with van der Waals surface area (Å²) in [5.41, 5.74) is 0. The number of rotatable bonds is 2. The van der Waals surface area contributed by atoms with Crippen LogP contribution in [0.2, 0.25) is 0 Å². The fraction of sp³-hybridized carbons (Fsp3) is 0. The second-order valence-electron chi connectivity index (χ2n) is 3.10. The Balaban J connectivity index is 2.39. The topological polar surface area (TPSA) is 0 Å². The third-order valence-corrected chi connectivity index (χ3v) is 5.90. The van der Waals surface area contributed by atoms with Gasteiger partial charge in [-0.25, -0.2) is 0 Å². The van der Waals surface area contributed by atoms with Crippen molar-refractivity contribution in [2.45, 2.75) is 0 Å². The first kappa shape index (κ1) is 10.8. The fourth-order valence-corrected chi connectivity index (χ4v) is 5.13. The molecule has 0 heterocycles. The van der Waals surface area contributed by atoms with Crippen molar-refractivity contribution in [3.63, 3.8) is 0 Å². The molecule has 0 spiro atoms. The minimum atomic E-state index is -0.362. The Morgan fingerprint density at radius 2 is 1.13 bits per heavy atom. The molecule has 0 atom stereocenters. The molecule has 0 aromatic heterocycles. The molecule has 0 bridgehead atoms. The molecule has 15 heavy (non-hydrogen) atoms. The zero-order valence-electron chi connectivity index (χ0n) is 8.13. The van der Waals surface area contributed by atoms with E-state index in [1.807, 2.05) is 0 Å². The van der Waals surface area contributed by atoms with Crippen LogP contribution in [-0.4, -0.2) is 0 Å². The van der Waals surface area contributed by atoms with Gasteiger partial charge in [-0.3, -0.25) is 0 Å². The molecular formula is C13H10PW. The van der Waals surface area contributed by atoms with Gasteiger partial charge in [0.1, 0.15) is 0 Å². The molecule has 0 fully saturated rings. The van der Waals surface area contributed by atoms with Crippen LogP contribution in [0.1, 0.15) is 0 Å². The summed E-state index contributed by atoms with van der Waals surface area (Å²) in [7, 11) is -0.362. The number of benzene rings is 2. The van der Waals surface area contributed by atoms with E-state index in [1.165, 1.54) is 29.8 Å². The molecule has 0 saturated heterocycles. The standard InChI is InChI=1S/C13H10P.W/c1-14(12-8-4-2-5-9-12)13-10-6-3-7-11-13;/h2-11H;. The van der Waals surface area contributed by atoms with Crippen molar-refractivity contribution in [2.24, 2.45) is 0 Å². The van der Waals surface area contributed by atoms with Gasteiger partial charge < -0.3 is 0 Å². The van der Waals surface area contributed by atoms with E-state index < -0.39 is 0 Å². The van der Waals surface area contributed by atoms with Crippen LogP contribution < -0.4 is 10.6 Å². The van der Waals surface area contributed by atoms with Gasteiger partial charge in [0.15, 0.2) is 0 Å². The first-order valence-corrected chi connectivity index (χ1v) is 7.50. The van der Waals surface area contributed by atoms with E-state index in [9.17, 15) is 0 Å². The fourth-order valence-electron chi connectivity index (χ4n) is 1.41. The Kier molecular flexibility index (Phi) is 3.92. The number of hydrogen-bond donors (Lipinski definition) is 0. The van der Waals surface area contributed by atoms with E-state index in [-0.39, 0.29) is 7.92 Å². The van der Waals surface area contributed by atoms with Crippen LogP contribution in [0.5, 0.6) is 0 Å². The summed E-state index contributed by atoms with van der Waals surface area (Å²) in [6, 6.07) is 21.3. The summed E-state index contributed by atoms with van der Waals surface area (Å²) >= 11 is 1.42. The summed E-state index contributed by atoms with van der Waals surface area (Å²) in [5.74, 6) is 0. The van der Waals surface area contributed by atoms with Crippen molar-refractivity contribution < 1.29 is 19.2 Å². The first-order chi connectivity index (χ1) is 7.42. The third kappa shape index (κ3) is 2.67. The molecule has 0 aliphatic rings. The van der Waals surface area contributed by atoms with Crippen molar-refractivity contribution in [3.05, 3.63) is 60.7 Å². The SMILES string of the molecule is [W]#[C]P(c1ccccc1)c1ccccc1. The van der Waals surface area contributed by atoms with Crippen LogP contribution in [0.15, 0.2) is 60.7 Å². The van der Waals surface area contributed by atoms with Crippen molar-refractivity contribution in [1.29, 1.82) is 0 Å². The van der Waals surface area contributed by atoms with Gasteiger partial charge >= 0.3 is 102 Å². The van der Waals surface area contributed by atoms with Crippen LogP contribution >= 0.6 is 7.92 Å². The summed E-state index contributed by atoms with van der Waals surface area (Å²) in [4.78, 5) is 0. The van der Waals surface area contributed by atoms with Crippen LogP contribution in [0.25, 0.3) is 0 Å². The van der Waals surface area contributed by atoms with Crippen LogP contribution in [0, 0.1) is 3.94 Å². The Bertz CT molecular complexity index is 419. The minimum absolute atomic E-state index is 0.362. The predicted molar refractivity (Wildman–Crippen MR) is 63.0 cm³/mol. The molecule has 2 aromatic carbocycles. The molecule has 2 aromatic rings. The van der Waals surface area contributed by atoms with Gasteiger partial charge in [-0.2, -0.15) is 0 Å². The Hall–Kier alpha value is -0.662.